The van der Waals surface area contributed by atoms with Gasteiger partial charge in [0.1, 0.15) is 0 Å². The van der Waals surface area contributed by atoms with Crippen LogP contribution in [0.3, 0.4) is 0 Å². The maximum atomic E-state index is 12.6. The van der Waals surface area contributed by atoms with Crippen molar-refractivity contribution in [2.45, 2.75) is 5.88 Å². The van der Waals surface area contributed by atoms with Gasteiger partial charge < -0.3 is 5.32 Å². The van der Waals surface area contributed by atoms with Crippen molar-refractivity contribution >= 4 is 23.2 Å². The number of hydrogen-bond acceptors (Lipinski definition) is 3. The number of anilines is 2. The van der Waals surface area contributed by atoms with E-state index in [1.807, 2.05) is 24.3 Å². The zero-order valence-electron chi connectivity index (χ0n) is 8.32. The van der Waals surface area contributed by atoms with Gasteiger partial charge in [-0.15, -0.1) is 11.6 Å². The molecule has 0 unspecified atom stereocenters. The second-order valence-corrected chi connectivity index (χ2v) is 3.41. The van der Waals surface area contributed by atoms with Gasteiger partial charge in [0, 0.05) is 11.6 Å². The smallest absolute Gasteiger partial charge is 0.227 e. The molecule has 0 spiro atoms. The normalized spacial score (nSPS) is 10.1. The molecular weight excluding hydrogens is 229 g/mol. The maximum Gasteiger partial charge on any atom is 0.227 e. The average molecular weight is 238 g/mol. The minimum absolute atomic E-state index is 0.346. The van der Waals surface area contributed by atoms with E-state index in [2.05, 4.69) is 15.3 Å². The lowest BCUT2D eigenvalue weighted by Crippen LogP contribution is -1.99. The minimum Gasteiger partial charge on any atom is -0.324 e. The first-order valence-corrected chi connectivity index (χ1v) is 5.21. The van der Waals surface area contributed by atoms with Gasteiger partial charge in [0.25, 0.3) is 0 Å². The largest absolute Gasteiger partial charge is 0.324 e. The molecule has 2 rings (SSSR count). The van der Waals surface area contributed by atoms with Gasteiger partial charge in [-0.3, -0.25) is 0 Å². The quantitative estimate of drug-likeness (QED) is 0.834. The summed E-state index contributed by atoms with van der Waals surface area (Å²) in [4.78, 5) is 7.62. The van der Waals surface area contributed by atoms with Crippen LogP contribution in [0.25, 0.3) is 0 Å². The molecule has 0 saturated carbocycles. The highest BCUT2D eigenvalue weighted by atomic mass is 35.5. The minimum atomic E-state index is -0.462. The predicted molar refractivity (Wildman–Crippen MR) is 61.3 cm³/mol. The van der Waals surface area contributed by atoms with Crippen molar-refractivity contribution < 1.29 is 4.39 Å². The van der Waals surface area contributed by atoms with Gasteiger partial charge in [-0.25, -0.2) is 14.4 Å². The number of benzene rings is 1. The molecule has 1 aromatic heterocycles. The van der Waals surface area contributed by atoms with Crippen molar-refractivity contribution in [1.82, 2.24) is 9.97 Å². The summed E-state index contributed by atoms with van der Waals surface area (Å²) in [6, 6.07) is 7.54. The molecule has 0 atom stereocenters. The molecule has 1 heterocycles. The van der Waals surface area contributed by atoms with Crippen LogP contribution in [0.2, 0.25) is 0 Å². The Labute approximate surface area is 97.3 Å². The molecule has 2 aromatic rings. The molecular formula is C11H9ClFN3. The average Bonchev–Trinajstić information content (AvgIpc) is 2.33. The van der Waals surface area contributed by atoms with Gasteiger partial charge in [0.2, 0.25) is 5.95 Å². The highest BCUT2D eigenvalue weighted by Crippen LogP contribution is 2.19. The van der Waals surface area contributed by atoms with Crippen LogP contribution in [-0.2, 0) is 5.88 Å². The number of nitrogens with zero attached hydrogens (tertiary/aromatic N) is 2. The summed E-state index contributed by atoms with van der Waals surface area (Å²) in [5.41, 5.74) is 1.76. The van der Waals surface area contributed by atoms with E-state index < -0.39 is 5.82 Å². The Morgan fingerprint density at radius 1 is 1.19 bits per heavy atom. The lowest BCUT2D eigenvalue weighted by molar-refractivity contribution is 0.614. The SMILES string of the molecule is Fc1cnc(Nc2ccccc2CCl)nc1. The molecule has 0 aliphatic carbocycles. The van der Waals surface area contributed by atoms with Crippen molar-refractivity contribution in [3.63, 3.8) is 0 Å². The van der Waals surface area contributed by atoms with E-state index in [9.17, 15) is 4.39 Å². The standard InChI is InChI=1S/C11H9ClFN3/c12-5-8-3-1-2-4-10(8)16-11-14-6-9(13)7-15-11/h1-4,6-7H,5H2,(H,14,15,16). The first kappa shape index (κ1) is 10.8. The topological polar surface area (TPSA) is 37.8 Å². The number of aromatic nitrogens is 2. The van der Waals surface area contributed by atoms with Crippen molar-refractivity contribution in [3.05, 3.63) is 48.0 Å². The van der Waals surface area contributed by atoms with Crippen LogP contribution >= 0.6 is 11.6 Å². The molecule has 0 radical (unpaired) electrons. The maximum absolute atomic E-state index is 12.6. The van der Waals surface area contributed by atoms with Gasteiger partial charge in [-0.05, 0) is 11.6 Å². The second kappa shape index (κ2) is 4.90. The van der Waals surface area contributed by atoms with Crippen LogP contribution in [0.15, 0.2) is 36.7 Å². The third kappa shape index (κ3) is 2.46. The van der Waals surface area contributed by atoms with Crippen LogP contribution in [0.1, 0.15) is 5.56 Å². The van der Waals surface area contributed by atoms with E-state index >= 15 is 0 Å². The number of alkyl halides is 1. The summed E-state index contributed by atoms with van der Waals surface area (Å²) >= 11 is 5.78. The Hall–Kier alpha value is -1.68. The third-order valence-electron chi connectivity index (χ3n) is 2.03. The van der Waals surface area contributed by atoms with E-state index in [1.54, 1.807) is 0 Å². The highest BCUT2D eigenvalue weighted by molar-refractivity contribution is 6.17. The Bertz CT molecular complexity index is 473. The van der Waals surface area contributed by atoms with Crippen LogP contribution in [0.4, 0.5) is 16.0 Å². The van der Waals surface area contributed by atoms with Crippen LogP contribution in [-0.4, -0.2) is 9.97 Å². The fraction of sp³-hybridized carbons (Fsp3) is 0.0909. The highest BCUT2D eigenvalue weighted by Gasteiger charge is 2.02. The Morgan fingerprint density at radius 2 is 1.88 bits per heavy atom. The summed E-state index contributed by atoms with van der Waals surface area (Å²) < 4.78 is 12.6. The molecule has 0 fully saturated rings. The fourth-order valence-electron chi connectivity index (χ4n) is 1.26. The molecule has 0 aliphatic heterocycles. The van der Waals surface area contributed by atoms with E-state index in [1.165, 1.54) is 0 Å². The molecule has 0 amide bonds. The van der Waals surface area contributed by atoms with E-state index in [4.69, 9.17) is 11.6 Å². The summed E-state index contributed by atoms with van der Waals surface area (Å²) in [6.45, 7) is 0. The van der Waals surface area contributed by atoms with E-state index in [-0.39, 0.29) is 0 Å². The molecule has 0 aliphatic rings. The molecule has 0 saturated heterocycles. The number of rotatable bonds is 3. The molecule has 3 nitrogen and oxygen atoms in total. The molecule has 5 heteroatoms. The van der Waals surface area contributed by atoms with Crippen molar-refractivity contribution in [2.24, 2.45) is 0 Å². The number of halogens is 2. The van der Waals surface area contributed by atoms with Gasteiger partial charge in [0.15, 0.2) is 5.82 Å². The predicted octanol–water partition coefficient (Wildman–Crippen LogP) is 3.10. The van der Waals surface area contributed by atoms with Crippen molar-refractivity contribution in [3.8, 4) is 0 Å². The van der Waals surface area contributed by atoms with Gasteiger partial charge in [-0.1, -0.05) is 18.2 Å². The summed E-state index contributed by atoms with van der Waals surface area (Å²) in [6.07, 6.45) is 2.22. The first-order chi connectivity index (χ1) is 7.79. The van der Waals surface area contributed by atoms with E-state index in [0.717, 1.165) is 23.6 Å². The summed E-state index contributed by atoms with van der Waals surface area (Å²) in [5, 5.41) is 2.98. The summed E-state index contributed by atoms with van der Waals surface area (Å²) in [5.74, 6) is 0.278. The van der Waals surface area contributed by atoms with Gasteiger partial charge >= 0.3 is 0 Å². The zero-order valence-corrected chi connectivity index (χ0v) is 9.08. The Kier molecular flexibility index (Phi) is 3.31. The molecule has 1 aromatic carbocycles. The molecule has 82 valence electrons. The first-order valence-electron chi connectivity index (χ1n) is 4.68. The third-order valence-corrected chi connectivity index (χ3v) is 2.32. The van der Waals surface area contributed by atoms with Gasteiger partial charge in [-0.2, -0.15) is 0 Å². The van der Waals surface area contributed by atoms with Crippen molar-refractivity contribution in [2.75, 3.05) is 5.32 Å². The zero-order chi connectivity index (χ0) is 11.4. The van der Waals surface area contributed by atoms with Crippen molar-refractivity contribution in [1.29, 1.82) is 0 Å². The molecule has 16 heavy (non-hydrogen) atoms. The second-order valence-electron chi connectivity index (χ2n) is 3.14. The van der Waals surface area contributed by atoms with Crippen LogP contribution in [0, 0.1) is 5.82 Å². The van der Waals surface area contributed by atoms with E-state index in [0.29, 0.717) is 11.8 Å². The van der Waals surface area contributed by atoms with Crippen LogP contribution < -0.4 is 5.32 Å². The van der Waals surface area contributed by atoms with Crippen LogP contribution in [0.5, 0.6) is 0 Å². The fourth-order valence-corrected chi connectivity index (χ4v) is 1.49. The lowest BCUT2D eigenvalue weighted by Gasteiger charge is -2.07. The lowest BCUT2D eigenvalue weighted by atomic mass is 10.2. The number of nitrogens with one attached hydrogen (secondary N) is 1. The van der Waals surface area contributed by atoms with Gasteiger partial charge in [0.05, 0.1) is 12.4 Å². The summed E-state index contributed by atoms with van der Waals surface area (Å²) in [7, 11) is 0. The number of hydrogen-bond donors (Lipinski definition) is 1. The monoisotopic (exact) mass is 237 g/mol. The Morgan fingerprint density at radius 3 is 2.56 bits per heavy atom. The molecule has 1 N–H and O–H groups in total. The molecule has 0 bridgehead atoms. The Balaban J connectivity index is 2.23. The number of para-hydroxylation sites is 1.